The van der Waals surface area contributed by atoms with Gasteiger partial charge in [-0.25, -0.2) is 0 Å². The largest absolute Gasteiger partial charge is 0.350 e. The summed E-state index contributed by atoms with van der Waals surface area (Å²) in [5, 5.41) is 7.06. The van der Waals surface area contributed by atoms with Gasteiger partial charge in [0.1, 0.15) is 0 Å². The van der Waals surface area contributed by atoms with E-state index in [0.29, 0.717) is 19.5 Å². The van der Waals surface area contributed by atoms with Crippen LogP contribution >= 0.6 is 12.4 Å². The molecule has 114 valence electrons. The van der Waals surface area contributed by atoms with E-state index in [4.69, 9.17) is 5.73 Å². The maximum Gasteiger partial charge on any atom is 0.220 e. The predicted molar refractivity (Wildman–Crippen MR) is 81.5 cm³/mol. The second-order valence-corrected chi connectivity index (χ2v) is 5.66. The summed E-state index contributed by atoms with van der Waals surface area (Å²) in [6, 6.07) is 1.92. The van der Waals surface area contributed by atoms with Gasteiger partial charge in [0.2, 0.25) is 5.91 Å². The van der Waals surface area contributed by atoms with Gasteiger partial charge >= 0.3 is 0 Å². The maximum atomic E-state index is 12.1. The highest BCUT2D eigenvalue weighted by atomic mass is 35.5. The number of nitrogens with two attached hydrogens (primary N) is 1. The molecule has 1 fully saturated rings. The van der Waals surface area contributed by atoms with Crippen LogP contribution in [0.2, 0.25) is 0 Å². The Bertz CT molecular complexity index is 427. The zero-order valence-electron chi connectivity index (χ0n) is 12.1. The molecule has 20 heavy (non-hydrogen) atoms. The number of rotatable bonds is 5. The highest BCUT2D eigenvalue weighted by Gasteiger charge is 2.32. The van der Waals surface area contributed by atoms with Crippen molar-refractivity contribution < 1.29 is 4.79 Å². The number of hydrogen-bond acceptors (Lipinski definition) is 3. The summed E-state index contributed by atoms with van der Waals surface area (Å²) in [7, 11) is 1.88. The van der Waals surface area contributed by atoms with Gasteiger partial charge < -0.3 is 11.1 Å². The first kappa shape index (κ1) is 17.0. The van der Waals surface area contributed by atoms with Crippen LogP contribution in [0.25, 0.3) is 0 Å². The van der Waals surface area contributed by atoms with Crippen molar-refractivity contribution in [3.63, 3.8) is 0 Å². The Hall–Kier alpha value is -1.07. The van der Waals surface area contributed by atoms with E-state index in [9.17, 15) is 4.79 Å². The zero-order chi connectivity index (χ0) is 13.7. The molecule has 0 atom stereocenters. The van der Waals surface area contributed by atoms with Gasteiger partial charge in [-0.3, -0.25) is 9.48 Å². The van der Waals surface area contributed by atoms with Crippen LogP contribution in [0.15, 0.2) is 12.3 Å². The molecular formula is C14H25ClN4O. The van der Waals surface area contributed by atoms with E-state index in [1.54, 1.807) is 10.9 Å². The fourth-order valence-corrected chi connectivity index (χ4v) is 2.92. The summed E-state index contributed by atoms with van der Waals surface area (Å²) in [6.45, 7) is 1.15. The Kier molecular flexibility index (Phi) is 6.49. The minimum atomic E-state index is 0. The quantitative estimate of drug-likeness (QED) is 0.870. The van der Waals surface area contributed by atoms with Crippen molar-refractivity contribution in [2.45, 2.75) is 45.1 Å². The standard InChI is InChI=1S/C14H24N4O.ClH/c1-18-12(5-8-17-18)10-16-13(19)9-14(11-15)6-3-2-4-7-14;/h5,8H,2-4,6-7,9-11,15H2,1H3,(H,16,19);1H. The van der Waals surface area contributed by atoms with Gasteiger partial charge in [-0.15, -0.1) is 12.4 Å². The van der Waals surface area contributed by atoms with Crippen LogP contribution in [0, 0.1) is 5.41 Å². The molecule has 1 heterocycles. The molecule has 1 aliphatic carbocycles. The number of nitrogens with zero attached hydrogens (tertiary/aromatic N) is 2. The molecular weight excluding hydrogens is 276 g/mol. The van der Waals surface area contributed by atoms with Gasteiger partial charge in [-0.1, -0.05) is 19.3 Å². The van der Waals surface area contributed by atoms with Gasteiger partial charge in [0.15, 0.2) is 0 Å². The third kappa shape index (κ3) is 4.21. The summed E-state index contributed by atoms with van der Waals surface area (Å²) in [4.78, 5) is 12.1. The highest BCUT2D eigenvalue weighted by Crippen LogP contribution is 2.38. The lowest BCUT2D eigenvalue weighted by molar-refractivity contribution is -0.124. The molecule has 0 spiro atoms. The molecule has 3 N–H and O–H groups in total. The average molecular weight is 301 g/mol. The highest BCUT2D eigenvalue weighted by molar-refractivity contribution is 5.85. The van der Waals surface area contributed by atoms with Crippen molar-refractivity contribution in [3.8, 4) is 0 Å². The normalized spacial score (nSPS) is 17.3. The monoisotopic (exact) mass is 300 g/mol. The fourth-order valence-electron chi connectivity index (χ4n) is 2.92. The van der Waals surface area contributed by atoms with Crippen molar-refractivity contribution in [1.82, 2.24) is 15.1 Å². The first-order valence-electron chi connectivity index (χ1n) is 7.09. The molecule has 1 aliphatic rings. The second kappa shape index (κ2) is 7.64. The number of nitrogens with one attached hydrogen (secondary N) is 1. The van der Waals surface area contributed by atoms with E-state index in [1.165, 1.54) is 19.3 Å². The van der Waals surface area contributed by atoms with Gasteiger partial charge in [-0.05, 0) is 30.9 Å². The van der Waals surface area contributed by atoms with Crippen LogP contribution in [0.4, 0.5) is 0 Å². The van der Waals surface area contributed by atoms with Crippen LogP contribution in [-0.2, 0) is 18.4 Å². The Balaban J connectivity index is 0.00000200. The van der Waals surface area contributed by atoms with Crippen molar-refractivity contribution in [1.29, 1.82) is 0 Å². The lowest BCUT2D eigenvalue weighted by Gasteiger charge is -2.35. The van der Waals surface area contributed by atoms with Crippen LogP contribution in [-0.4, -0.2) is 22.2 Å². The first-order valence-corrected chi connectivity index (χ1v) is 7.09. The molecule has 1 aromatic heterocycles. The zero-order valence-corrected chi connectivity index (χ0v) is 12.9. The fraction of sp³-hybridized carbons (Fsp3) is 0.714. The summed E-state index contributed by atoms with van der Waals surface area (Å²) in [5.74, 6) is 0.105. The smallest absolute Gasteiger partial charge is 0.220 e. The van der Waals surface area contributed by atoms with Gasteiger partial charge in [-0.2, -0.15) is 5.10 Å². The number of aryl methyl sites for hydroxylation is 1. The van der Waals surface area contributed by atoms with Gasteiger partial charge in [0, 0.05) is 19.7 Å². The molecule has 0 aromatic carbocycles. The molecule has 0 unspecified atom stereocenters. The summed E-state index contributed by atoms with van der Waals surface area (Å²) >= 11 is 0. The predicted octanol–water partition coefficient (Wildman–Crippen LogP) is 1.76. The lowest BCUT2D eigenvalue weighted by Crippen LogP contribution is -2.38. The third-order valence-electron chi connectivity index (χ3n) is 4.27. The molecule has 2 rings (SSSR count). The molecule has 0 aliphatic heterocycles. The Morgan fingerprint density at radius 2 is 2.15 bits per heavy atom. The second-order valence-electron chi connectivity index (χ2n) is 5.66. The van der Waals surface area contributed by atoms with E-state index in [2.05, 4.69) is 10.4 Å². The number of carbonyl (C=O) groups excluding carboxylic acids is 1. The van der Waals surface area contributed by atoms with Crippen LogP contribution < -0.4 is 11.1 Å². The Morgan fingerprint density at radius 1 is 1.45 bits per heavy atom. The number of carbonyl (C=O) groups is 1. The van der Waals surface area contributed by atoms with Crippen LogP contribution in [0.5, 0.6) is 0 Å². The van der Waals surface area contributed by atoms with Gasteiger partial charge in [0.25, 0.3) is 0 Å². The van der Waals surface area contributed by atoms with E-state index in [1.807, 2.05) is 13.1 Å². The molecule has 1 saturated carbocycles. The Labute approximate surface area is 126 Å². The lowest BCUT2D eigenvalue weighted by atomic mass is 9.71. The first-order chi connectivity index (χ1) is 9.15. The van der Waals surface area contributed by atoms with Crippen molar-refractivity contribution >= 4 is 18.3 Å². The molecule has 1 amide bonds. The molecule has 6 heteroatoms. The van der Waals surface area contributed by atoms with Gasteiger partial charge in [0.05, 0.1) is 12.2 Å². The Morgan fingerprint density at radius 3 is 2.70 bits per heavy atom. The van der Waals surface area contributed by atoms with Crippen LogP contribution in [0.3, 0.4) is 0 Å². The SMILES string of the molecule is Cl.Cn1nccc1CNC(=O)CC1(CN)CCCCC1. The van der Waals surface area contributed by atoms with E-state index in [0.717, 1.165) is 18.5 Å². The van der Waals surface area contributed by atoms with Crippen molar-refractivity contribution in [2.24, 2.45) is 18.2 Å². The molecule has 0 bridgehead atoms. The average Bonchev–Trinajstić information content (AvgIpc) is 2.83. The topological polar surface area (TPSA) is 72.9 Å². The molecule has 0 saturated heterocycles. The van der Waals surface area contributed by atoms with E-state index >= 15 is 0 Å². The minimum absolute atomic E-state index is 0. The van der Waals surface area contributed by atoms with Crippen molar-refractivity contribution in [3.05, 3.63) is 18.0 Å². The molecule has 0 radical (unpaired) electrons. The minimum Gasteiger partial charge on any atom is -0.350 e. The number of amides is 1. The maximum absolute atomic E-state index is 12.1. The summed E-state index contributed by atoms with van der Waals surface area (Å²) in [5.41, 5.74) is 6.96. The van der Waals surface area contributed by atoms with Crippen molar-refractivity contribution in [2.75, 3.05) is 6.54 Å². The summed E-state index contributed by atoms with van der Waals surface area (Å²) in [6.07, 6.45) is 8.15. The van der Waals surface area contributed by atoms with Crippen LogP contribution in [0.1, 0.15) is 44.2 Å². The number of halogens is 1. The van der Waals surface area contributed by atoms with E-state index < -0.39 is 0 Å². The third-order valence-corrected chi connectivity index (χ3v) is 4.27. The molecule has 1 aromatic rings. The number of hydrogen-bond donors (Lipinski definition) is 2. The van der Waals surface area contributed by atoms with E-state index in [-0.39, 0.29) is 23.7 Å². The number of aromatic nitrogens is 2. The summed E-state index contributed by atoms with van der Waals surface area (Å²) < 4.78 is 1.78. The molecule has 5 nitrogen and oxygen atoms in total.